The second kappa shape index (κ2) is 12.0. The number of thiophene rings is 1. The van der Waals surface area contributed by atoms with Gasteiger partial charge in [-0.05, 0) is 53.5 Å². The van der Waals surface area contributed by atoms with Crippen molar-refractivity contribution in [3.05, 3.63) is 88.1 Å². The number of hydrogen-bond donors (Lipinski definition) is 0. The van der Waals surface area contributed by atoms with Gasteiger partial charge in [-0.2, -0.15) is 0 Å². The van der Waals surface area contributed by atoms with E-state index in [1.807, 2.05) is 65.6 Å². The summed E-state index contributed by atoms with van der Waals surface area (Å²) in [5.41, 5.74) is 2.13. The lowest BCUT2D eigenvalue weighted by molar-refractivity contribution is -0.142. The Kier molecular flexibility index (Phi) is 8.59. The minimum absolute atomic E-state index is 0.00415. The molecule has 2 aromatic carbocycles. The highest BCUT2D eigenvalue weighted by atomic mass is 32.1. The normalized spacial score (nSPS) is 15.1. The predicted octanol–water partition coefficient (Wildman–Crippen LogP) is 5.37. The van der Waals surface area contributed by atoms with Gasteiger partial charge in [0.15, 0.2) is 0 Å². The lowest BCUT2D eigenvalue weighted by Crippen LogP contribution is -2.48. The molecule has 0 saturated carbocycles. The first-order valence-corrected chi connectivity index (χ1v) is 13.2. The van der Waals surface area contributed by atoms with E-state index in [9.17, 15) is 9.59 Å². The molecule has 0 bridgehead atoms. The Morgan fingerprint density at radius 3 is 2.49 bits per heavy atom. The van der Waals surface area contributed by atoms with Gasteiger partial charge < -0.3 is 14.5 Å². The Balaban J connectivity index is 1.48. The fraction of sp³-hybridized carbons (Fsp3) is 0.379. The molecular formula is C29H34N2O3S. The van der Waals surface area contributed by atoms with Gasteiger partial charge in [0, 0.05) is 18.0 Å². The molecule has 1 aliphatic rings. The average Bonchev–Trinajstić information content (AvgIpc) is 3.35. The van der Waals surface area contributed by atoms with E-state index < -0.39 is 0 Å². The molecule has 35 heavy (non-hydrogen) atoms. The Bertz CT molecular complexity index is 1100. The van der Waals surface area contributed by atoms with Crippen LogP contribution in [-0.2, 0) is 22.4 Å². The molecule has 2 amide bonds. The Morgan fingerprint density at radius 2 is 1.77 bits per heavy atom. The van der Waals surface area contributed by atoms with Gasteiger partial charge in [-0.15, -0.1) is 11.3 Å². The van der Waals surface area contributed by atoms with Crippen LogP contribution in [0.15, 0.2) is 72.1 Å². The molecule has 5 nitrogen and oxygen atoms in total. The van der Waals surface area contributed by atoms with Gasteiger partial charge in [0.2, 0.25) is 11.8 Å². The number of carbonyl (C=O) groups excluding carboxylic acids is 2. The number of fused-ring (bicyclic) bond motifs is 1. The second-order valence-corrected chi connectivity index (χ2v) is 10.4. The summed E-state index contributed by atoms with van der Waals surface area (Å²) >= 11 is 1.74. The first-order valence-electron chi connectivity index (χ1n) is 12.4. The zero-order valence-corrected chi connectivity index (χ0v) is 21.4. The quantitative estimate of drug-likeness (QED) is 0.384. The van der Waals surface area contributed by atoms with Gasteiger partial charge in [0.1, 0.15) is 12.4 Å². The lowest BCUT2D eigenvalue weighted by atomic mass is 10.00. The Labute approximate surface area is 212 Å². The molecule has 3 aromatic rings. The number of benzene rings is 2. The predicted molar refractivity (Wildman–Crippen MR) is 141 cm³/mol. The number of carbonyl (C=O) groups is 2. The fourth-order valence-electron chi connectivity index (χ4n) is 4.41. The number of ether oxygens (including phenoxy) is 1. The van der Waals surface area contributed by atoms with Crippen LogP contribution in [0.1, 0.15) is 42.3 Å². The number of amides is 2. The van der Waals surface area contributed by atoms with E-state index in [0.717, 1.165) is 29.7 Å². The van der Waals surface area contributed by atoms with Crippen LogP contribution in [0.25, 0.3) is 0 Å². The summed E-state index contributed by atoms with van der Waals surface area (Å²) in [6.07, 6.45) is 2.01. The highest BCUT2D eigenvalue weighted by Gasteiger charge is 2.33. The monoisotopic (exact) mass is 490 g/mol. The number of hydrogen-bond acceptors (Lipinski definition) is 4. The van der Waals surface area contributed by atoms with E-state index in [1.54, 1.807) is 16.2 Å². The van der Waals surface area contributed by atoms with Crippen LogP contribution in [0.3, 0.4) is 0 Å². The summed E-state index contributed by atoms with van der Waals surface area (Å²) in [5, 5.41) is 2.09. The molecule has 184 valence electrons. The number of para-hydroxylation sites is 1. The molecule has 1 aliphatic heterocycles. The van der Waals surface area contributed by atoms with Crippen molar-refractivity contribution in [1.82, 2.24) is 9.80 Å². The molecule has 2 heterocycles. The molecule has 0 N–H and O–H groups in total. The van der Waals surface area contributed by atoms with Crippen LogP contribution in [0, 0.1) is 5.92 Å². The minimum atomic E-state index is -0.158. The standard InChI is InChI=1S/C29H34N2O3S/c1-22(2)13-16-30(28(32)19-23-9-5-3-6-10-23)20-29(33)31-17-14-27-25(15-18-35-27)26(31)21-34-24-11-7-4-8-12-24/h3-12,15,18,22,26H,13-14,16-17,19-21H2,1-2H3. The largest absolute Gasteiger partial charge is 0.491 e. The van der Waals surface area contributed by atoms with Crippen LogP contribution < -0.4 is 4.74 Å². The summed E-state index contributed by atoms with van der Waals surface area (Å²) < 4.78 is 6.09. The topological polar surface area (TPSA) is 49.9 Å². The van der Waals surface area contributed by atoms with Crippen molar-refractivity contribution < 1.29 is 14.3 Å². The maximum absolute atomic E-state index is 13.6. The van der Waals surface area contributed by atoms with E-state index in [4.69, 9.17) is 4.74 Å². The highest BCUT2D eigenvalue weighted by molar-refractivity contribution is 7.10. The van der Waals surface area contributed by atoms with Gasteiger partial charge >= 0.3 is 0 Å². The molecule has 0 fully saturated rings. The molecule has 0 radical (unpaired) electrons. The molecule has 0 aliphatic carbocycles. The average molecular weight is 491 g/mol. The van der Waals surface area contributed by atoms with Crippen molar-refractivity contribution in [2.45, 2.75) is 39.2 Å². The Morgan fingerprint density at radius 1 is 1.06 bits per heavy atom. The molecule has 1 atom stereocenters. The van der Waals surface area contributed by atoms with Crippen molar-refractivity contribution >= 4 is 23.2 Å². The molecular weight excluding hydrogens is 456 g/mol. The molecule has 1 unspecified atom stereocenters. The van der Waals surface area contributed by atoms with Crippen LogP contribution in [-0.4, -0.2) is 47.9 Å². The van der Waals surface area contributed by atoms with Gasteiger partial charge in [-0.1, -0.05) is 62.4 Å². The number of nitrogens with zero attached hydrogens (tertiary/aromatic N) is 2. The smallest absolute Gasteiger partial charge is 0.242 e. The maximum atomic E-state index is 13.6. The van der Waals surface area contributed by atoms with Gasteiger partial charge in [-0.3, -0.25) is 9.59 Å². The van der Waals surface area contributed by atoms with Crippen molar-refractivity contribution in [3.8, 4) is 5.75 Å². The van der Waals surface area contributed by atoms with Crippen molar-refractivity contribution in [1.29, 1.82) is 0 Å². The molecule has 0 spiro atoms. The third kappa shape index (κ3) is 6.73. The summed E-state index contributed by atoms with van der Waals surface area (Å²) in [4.78, 5) is 31.8. The summed E-state index contributed by atoms with van der Waals surface area (Å²) in [6.45, 7) is 5.99. The molecule has 6 heteroatoms. The maximum Gasteiger partial charge on any atom is 0.242 e. The van der Waals surface area contributed by atoms with Crippen LogP contribution >= 0.6 is 11.3 Å². The zero-order valence-electron chi connectivity index (χ0n) is 20.6. The summed E-state index contributed by atoms with van der Waals surface area (Å²) in [5.74, 6) is 1.22. The summed E-state index contributed by atoms with van der Waals surface area (Å²) in [6, 6.07) is 21.4. The van der Waals surface area contributed by atoms with E-state index in [0.29, 0.717) is 32.0 Å². The van der Waals surface area contributed by atoms with Crippen molar-refractivity contribution in [3.63, 3.8) is 0 Å². The van der Waals surface area contributed by atoms with E-state index in [1.165, 1.54) is 4.88 Å². The second-order valence-electron chi connectivity index (χ2n) is 9.44. The first kappa shape index (κ1) is 25.0. The highest BCUT2D eigenvalue weighted by Crippen LogP contribution is 2.34. The van der Waals surface area contributed by atoms with Crippen LogP contribution in [0.4, 0.5) is 0 Å². The minimum Gasteiger partial charge on any atom is -0.491 e. The molecule has 4 rings (SSSR count). The third-order valence-corrected chi connectivity index (χ3v) is 7.42. The SMILES string of the molecule is CC(C)CCN(CC(=O)N1CCc2sccc2C1COc1ccccc1)C(=O)Cc1ccccc1. The van der Waals surface area contributed by atoms with Crippen molar-refractivity contribution in [2.24, 2.45) is 5.92 Å². The first-order chi connectivity index (χ1) is 17.0. The van der Waals surface area contributed by atoms with Gasteiger partial charge in [-0.25, -0.2) is 0 Å². The Hall–Kier alpha value is -3.12. The summed E-state index contributed by atoms with van der Waals surface area (Å²) in [7, 11) is 0. The van der Waals surface area contributed by atoms with Crippen molar-refractivity contribution in [2.75, 3.05) is 26.2 Å². The number of rotatable bonds is 10. The van der Waals surface area contributed by atoms with Gasteiger partial charge in [0.05, 0.1) is 19.0 Å². The molecule has 0 saturated heterocycles. The molecule has 1 aromatic heterocycles. The zero-order chi connectivity index (χ0) is 24.6. The van der Waals surface area contributed by atoms with Gasteiger partial charge in [0.25, 0.3) is 0 Å². The van der Waals surface area contributed by atoms with E-state index in [-0.39, 0.29) is 24.4 Å². The van der Waals surface area contributed by atoms with Crippen LogP contribution in [0.2, 0.25) is 0 Å². The van der Waals surface area contributed by atoms with E-state index in [2.05, 4.69) is 25.3 Å². The lowest BCUT2D eigenvalue weighted by Gasteiger charge is -2.37. The third-order valence-electron chi connectivity index (χ3n) is 6.42. The van der Waals surface area contributed by atoms with E-state index >= 15 is 0 Å². The van der Waals surface area contributed by atoms with Crippen LogP contribution in [0.5, 0.6) is 5.75 Å². The fourth-order valence-corrected chi connectivity index (χ4v) is 5.34.